The van der Waals surface area contributed by atoms with E-state index in [1.807, 2.05) is 0 Å². The number of hydrogen-bond acceptors (Lipinski definition) is 3. The second-order valence-electron chi connectivity index (χ2n) is 4.31. The van der Waals surface area contributed by atoms with Crippen molar-refractivity contribution in [3.05, 3.63) is 0 Å². The Kier molecular flexibility index (Phi) is 6.65. The van der Waals surface area contributed by atoms with E-state index in [0.717, 1.165) is 31.6 Å². The summed E-state index contributed by atoms with van der Waals surface area (Å²) in [5.74, 6) is 2.01. The molecule has 0 spiro atoms. The van der Waals surface area contributed by atoms with Gasteiger partial charge in [-0.15, -0.1) is 0 Å². The fourth-order valence-corrected chi connectivity index (χ4v) is 2.77. The summed E-state index contributed by atoms with van der Waals surface area (Å²) >= 11 is 2.11. The van der Waals surface area contributed by atoms with E-state index in [2.05, 4.69) is 30.9 Å². The van der Waals surface area contributed by atoms with Crippen molar-refractivity contribution in [2.45, 2.75) is 31.9 Å². The minimum absolute atomic E-state index is 0.653. The minimum Gasteiger partial charge on any atom is -0.380 e. The normalized spacial score (nSPS) is 22.1. The second kappa shape index (κ2) is 7.55. The van der Waals surface area contributed by atoms with Crippen LogP contribution in [0.1, 0.15) is 26.7 Å². The standard InChI is InChI=1S/C11H23NOS/c1-10(2)9-13-6-5-12-8-11-4-3-7-14-11/h10-12H,3-9H2,1-2H3. The zero-order valence-corrected chi connectivity index (χ0v) is 10.2. The molecule has 0 aromatic heterocycles. The van der Waals surface area contributed by atoms with Gasteiger partial charge in [-0.3, -0.25) is 0 Å². The molecule has 14 heavy (non-hydrogen) atoms. The molecule has 0 saturated carbocycles. The summed E-state index contributed by atoms with van der Waals surface area (Å²) in [6.45, 7) is 8.28. The van der Waals surface area contributed by atoms with E-state index in [9.17, 15) is 0 Å². The van der Waals surface area contributed by atoms with E-state index in [1.54, 1.807) is 0 Å². The molecule has 1 fully saturated rings. The lowest BCUT2D eigenvalue weighted by molar-refractivity contribution is 0.112. The van der Waals surface area contributed by atoms with Crippen LogP contribution in [0.4, 0.5) is 0 Å². The number of rotatable bonds is 7. The van der Waals surface area contributed by atoms with Crippen molar-refractivity contribution in [3.63, 3.8) is 0 Å². The molecule has 1 atom stereocenters. The predicted octanol–water partition coefficient (Wildman–Crippen LogP) is 2.14. The largest absolute Gasteiger partial charge is 0.380 e. The van der Waals surface area contributed by atoms with E-state index in [4.69, 9.17) is 4.74 Å². The number of thioether (sulfide) groups is 1. The van der Waals surface area contributed by atoms with Gasteiger partial charge in [-0.25, -0.2) is 0 Å². The zero-order valence-electron chi connectivity index (χ0n) is 9.42. The maximum absolute atomic E-state index is 5.49. The van der Waals surface area contributed by atoms with Crippen LogP contribution in [0.3, 0.4) is 0 Å². The van der Waals surface area contributed by atoms with Crippen molar-refractivity contribution >= 4 is 11.8 Å². The molecule has 1 unspecified atom stereocenters. The third-order valence-electron chi connectivity index (χ3n) is 2.27. The molecular formula is C11H23NOS. The fourth-order valence-electron chi connectivity index (χ4n) is 1.53. The Morgan fingerprint density at radius 1 is 1.50 bits per heavy atom. The van der Waals surface area contributed by atoms with Crippen LogP contribution in [0.25, 0.3) is 0 Å². The summed E-state index contributed by atoms with van der Waals surface area (Å²) in [4.78, 5) is 0. The summed E-state index contributed by atoms with van der Waals surface area (Å²) in [6.07, 6.45) is 2.80. The molecule has 1 heterocycles. The topological polar surface area (TPSA) is 21.3 Å². The molecule has 0 aromatic rings. The van der Waals surface area contributed by atoms with Crippen molar-refractivity contribution < 1.29 is 4.74 Å². The molecule has 0 bridgehead atoms. The van der Waals surface area contributed by atoms with E-state index in [0.29, 0.717) is 5.92 Å². The van der Waals surface area contributed by atoms with Gasteiger partial charge in [0.15, 0.2) is 0 Å². The first-order valence-corrected chi connectivity index (χ1v) is 6.74. The Labute approximate surface area is 92.2 Å². The fraction of sp³-hybridized carbons (Fsp3) is 1.00. The van der Waals surface area contributed by atoms with Gasteiger partial charge >= 0.3 is 0 Å². The van der Waals surface area contributed by atoms with Crippen LogP contribution in [-0.4, -0.2) is 37.3 Å². The summed E-state index contributed by atoms with van der Waals surface area (Å²) < 4.78 is 5.49. The Balaban J connectivity index is 1.79. The monoisotopic (exact) mass is 217 g/mol. The molecule has 1 aliphatic heterocycles. The van der Waals surface area contributed by atoms with Gasteiger partial charge in [-0.05, 0) is 24.5 Å². The van der Waals surface area contributed by atoms with Gasteiger partial charge in [-0.2, -0.15) is 11.8 Å². The Hall–Kier alpha value is 0.270. The van der Waals surface area contributed by atoms with Gasteiger partial charge in [0.25, 0.3) is 0 Å². The first-order valence-electron chi connectivity index (χ1n) is 5.69. The van der Waals surface area contributed by atoms with E-state index in [-0.39, 0.29) is 0 Å². The summed E-state index contributed by atoms with van der Waals surface area (Å²) in [7, 11) is 0. The summed E-state index contributed by atoms with van der Waals surface area (Å²) in [5, 5.41) is 4.32. The van der Waals surface area contributed by atoms with Gasteiger partial charge in [0.1, 0.15) is 0 Å². The minimum atomic E-state index is 0.653. The molecule has 1 saturated heterocycles. The third-order valence-corrected chi connectivity index (χ3v) is 3.67. The second-order valence-corrected chi connectivity index (χ2v) is 5.72. The van der Waals surface area contributed by atoms with Gasteiger partial charge < -0.3 is 10.1 Å². The smallest absolute Gasteiger partial charge is 0.0591 e. The summed E-state index contributed by atoms with van der Waals surface area (Å²) in [6, 6.07) is 0. The van der Waals surface area contributed by atoms with Crippen LogP contribution >= 0.6 is 11.8 Å². The van der Waals surface area contributed by atoms with Crippen molar-refractivity contribution in [2.24, 2.45) is 5.92 Å². The SMILES string of the molecule is CC(C)COCCNCC1CCCS1. The van der Waals surface area contributed by atoms with Gasteiger partial charge in [-0.1, -0.05) is 13.8 Å². The lowest BCUT2D eigenvalue weighted by Gasteiger charge is -2.10. The van der Waals surface area contributed by atoms with E-state index >= 15 is 0 Å². The highest BCUT2D eigenvalue weighted by atomic mass is 32.2. The average Bonchev–Trinajstić information content (AvgIpc) is 2.63. The van der Waals surface area contributed by atoms with Crippen LogP contribution in [0.5, 0.6) is 0 Å². The van der Waals surface area contributed by atoms with Gasteiger partial charge in [0, 0.05) is 24.9 Å². The van der Waals surface area contributed by atoms with Gasteiger partial charge in [0.2, 0.25) is 0 Å². The van der Waals surface area contributed by atoms with Crippen LogP contribution in [0.2, 0.25) is 0 Å². The predicted molar refractivity (Wildman–Crippen MR) is 64.0 cm³/mol. The highest BCUT2D eigenvalue weighted by molar-refractivity contribution is 8.00. The van der Waals surface area contributed by atoms with E-state index < -0.39 is 0 Å². The lowest BCUT2D eigenvalue weighted by atomic mass is 10.2. The first kappa shape index (κ1) is 12.3. The maximum atomic E-state index is 5.49. The van der Waals surface area contributed by atoms with Crippen LogP contribution < -0.4 is 5.32 Å². The van der Waals surface area contributed by atoms with Gasteiger partial charge in [0.05, 0.1) is 6.61 Å². The van der Waals surface area contributed by atoms with Crippen LogP contribution in [-0.2, 0) is 4.74 Å². The Morgan fingerprint density at radius 3 is 3.00 bits per heavy atom. The first-order chi connectivity index (χ1) is 6.79. The van der Waals surface area contributed by atoms with E-state index in [1.165, 1.54) is 18.6 Å². The maximum Gasteiger partial charge on any atom is 0.0591 e. The third kappa shape index (κ3) is 5.89. The quantitative estimate of drug-likeness (QED) is 0.660. The summed E-state index contributed by atoms with van der Waals surface area (Å²) in [5.41, 5.74) is 0. The molecule has 0 aliphatic carbocycles. The van der Waals surface area contributed by atoms with Crippen LogP contribution in [0, 0.1) is 5.92 Å². The number of hydrogen-bond donors (Lipinski definition) is 1. The molecule has 0 radical (unpaired) electrons. The average molecular weight is 217 g/mol. The number of nitrogens with one attached hydrogen (secondary N) is 1. The zero-order chi connectivity index (χ0) is 10.2. The molecule has 0 amide bonds. The highest BCUT2D eigenvalue weighted by Gasteiger charge is 2.14. The Morgan fingerprint density at radius 2 is 2.36 bits per heavy atom. The Bertz CT molecular complexity index is 135. The molecule has 3 heteroatoms. The number of ether oxygens (including phenoxy) is 1. The molecule has 2 nitrogen and oxygen atoms in total. The van der Waals surface area contributed by atoms with Crippen molar-refractivity contribution in [3.8, 4) is 0 Å². The molecule has 1 N–H and O–H groups in total. The van der Waals surface area contributed by atoms with Crippen molar-refractivity contribution in [2.75, 3.05) is 32.1 Å². The molecule has 1 aliphatic rings. The molecule has 84 valence electrons. The highest BCUT2D eigenvalue weighted by Crippen LogP contribution is 2.24. The van der Waals surface area contributed by atoms with Crippen molar-refractivity contribution in [1.82, 2.24) is 5.32 Å². The van der Waals surface area contributed by atoms with Crippen LogP contribution in [0.15, 0.2) is 0 Å². The molecule has 0 aromatic carbocycles. The lowest BCUT2D eigenvalue weighted by Crippen LogP contribution is -2.27. The van der Waals surface area contributed by atoms with Crippen molar-refractivity contribution in [1.29, 1.82) is 0 Å². The molecule has 1 rings (SSSR count). The molecular weight excluding hydrogens is 194 g/mol.